The molecule has 12 heteroatoms. The lowest BCUT2D eigenvalue weighted by Gasteiger charge is -2.02. The van der Waals surface area contributed by atoms with Crippen molar-refractivity contribution in [3.05, 3.63) is 29.3 Å². The Kier molecular flexibility index (Phi) is 3.57. The van der Waals surface area contributed by atoms with Gasteiger partial charge in [-0.15, -0.1) is 10.2 Å². The number of hydrogen-bond donors (Lipinski definition) is 0. The van der Waals surface area contributed by atoms with Gasteiger partial charge in [0.15, 0.2) is 21.5 Å². The Morgan fingerprint density at radius 2 is 2.05 bits per heavy atom. The number of pyridine rings is 1. The van der Waals surface area contributed by atoms with Gasteiger partial charge in [0.2, 0.25) is 0 Å². The fourth-order valence-corrected chi connectivity index (χ4v) is 3.17. The third kappa shape index (κ3) is 2.55. The second-order valence-corrected chi connectivity index (χ2v) is 7.62. The number of aromatic nitrogens is 4. The summed E-state index contributed by atoms with van der Waals surface area (Å²) in [4.78, 5) is 3.28. The maximum atomic E-state index is 13.9. The first-order chi connectivity index (χ1) is 10.3. The molecular formula is C10H4ClF3N4O2S2. The van der Waals surface area contributed by atoms with Crippen molar-refractivity contribution in [2.24, 2.45) is 0 Å². The van der Waals surface area contributed by atoms with Crippen molar-refractivity contribution in [3.63, 3.8) is 0 Å². The summed E-state index contributed by atoms with van der Waals surface area (Å²) in [5.41, 5.74) is -0.0617. The molecule has 0 N–H and O–H groups in total. The summed E-state index contributed by atoms with van der Waals surface area (Å²) >= 11 is 0.595. The molecule has 0 amide bonds. The Hall–Kier alpha value is -1.72. The fourth-order valence-electron chi connectivity index (χ4n) is 1.74. The molecule has 0 aliphatic heterocycles. The van der Waals surface area contributed by atoms with Gasteiger partial charge in [0, 0.05) is 16.9 Å². The molecule has 3 aromatic heterocycles. The van der Waals surface area contributed by atoms with Crippen LogP contribution in [-0.2, 0) is 9.05 Å². The number of imidazole rings is 1. The van der Waals surface area contributed by atoms with E-state index < -0.39 is 31.2 Å². The van der Waals surface area contributed by atoms with E-state index in [0.717, 1.165) is 16.7 Å². The summed E-state index contributed by atoms with van der Waals surface area (Å²) in [6.07, 6.45) is -0.577. The lowest BCUT2D eigenvalue weighted by atomic mass is 10.4. The van der Waals surface area contributed by atoms with Crippen LogP contribution in [0.25, 0.3) is 16.3 Å². The molecule has 0 aliphatic rings. The predicted molar refractivity (Wildman–Crippen MR) is 72.0 cm³/mol. The minimum atomic E-state index is -4.17. The highest BCUT2D eigenvalue weighted by atomic mass is 35.7. The molecule has 3 aromatic rings. The Morgan fingerprint density at radius 3 is 2.64 bits per heavy atom. The third-order valence-electron chi connectivity index (χ3n) is 2.66. The largest absolute Gasteiger partial charge is 0.294 e. The molecule has 22 heavy (non-hydrogen) atoms. The first kappa shape index (κ1) is 15.2. The van der Waals surface area contributed by atoms with E-state index in [-0.39, 0.29) is 16.3 Å². The van der Waals surface area contributed by atoms with Crippen molar-refractivity contribution >= 4 is 36.7 Å². The van der Waals surface area contributed by atoms with Crippen LogP contribution in [-0.4, -0.2) is 28.0 Å². The Balaban J connectivity index is 2.24. The smallest absolute Gasteiger partial charge is 0.291 e. The maximum absolute atomic E-state index is 13.9. The quantitative estimate of drug-likeness (QED) is 0.664. The van der Waals surface area contributed by atoms with Gasteiger partial charge in [0.1, 0.15) is 10.6 Å². The zero-order valence-corrected chi connectivity index (χ0v) is 12.6. The Morgan fingerprint density at radius 1 is 1.32 bits per heavy atom. The molecule has 0 saturated carbocycles. The van der Waals surface area contributed by atoms with Crippen LogP contribution in [0.1, 0.15) is 11.4 Å². The number of alkyl halides is 2. The summed E-state index contributed by atoms with van der Waals surface area (Å²) < 4.78 is 62.7. The van der Waals surface area contributed by atoms with Gasteiger partial charge in [-0.25, -0.2) is 26.6 Å². The van der Waals surface area contributed by atoms with E-state index >= 15 is 0 Å². The summed E-state index contributed by atoms with van der Waals surface area (Å²) in [6, 6.07) is 0.721. The van der Waals surface area contributed by atoms with Gasteiger partial charge in [0.25, 0.3) is 15.5 Å². The monoisotopic (exact) mass is 368 g/mol. The van der Waals surface area contributed by atoms with Gasteiger partial charge in [-0.2, -0.15) is 0 Å². The fraction of sp³-hybridized carbons (Fsp3) is 0.100. The van der Waals surface area contributed by atoms with Gasteiger partial charge in [-0.05, 0) is 6.07 Å². The van der Waals surface area contributed by atoms with Crippen molar-refractivity contribution in [1.82, 2.24) is 19.6 Å². The highest BCUT2D eigenvalue weighted by molar-refractivity contribution is 8.13. The molecule has 0 bridgehead atoms. The first-order valence-corrected chi connectivity index (χ1v) is 8.63. The highest BCUT2D eigenvalue weighted by Crippen LogP contribution is 2.30. The number of nitrogens with zero attached hydrogens (tertiary/aromatic N) is 4. The van der Waals surface area contributed by atoms with E-state index in [9.17, 15) is 21.6 Å². The number of fused-ring (bicyclic) bond motifs is 1. The Labute approximate surface area is 129 Å². The van der Waals surface area contributed by atoms with E-state index in [1.165, 1.54) is 6.20 Å². The second kappa shape index (κ2) is 5.18. The van der Waals surface area contributed by atoms with Gasteiger partial charge >= 0.3 is 0 Å². The average Bonchev–Trinajstić information content (AvgIpc) is 3.03. The van der Waals surface area contributed by atoms with Gasteiger partial charge in [0.05, 0.1) is 6.20 Å². The molecule has 0 fully saturated rings. The van der Waals surface area contributed by atoms with E-state index in [1.807, 2.05) is 0 Å². The molecule has 3 rings (SSSR count). The SMILES string of the molecule is O=S(=O)(Cl)c1cc(F)c2ncc(-c3nnc(C(F)F)s3)n2c1. The van der Waals surface area contributed by atoms with Crippen LogP contribution in [0.4, 0.5) is 13.2 Å². The van der Waals surface area contributed by atoms with Crippen LogP contribution in [0.15, 0.2) is 23.4 Å². The van der Waals surface area contributed by atoms with Crippen LogP contribution in [0.3, 0.4) is 0 Å². The molecule has 0 saturated heterocycles. The number of rotatable bonds is 3. The Bertz CT molecular complexity index is 970. The third-order valence-corrected chi connectivity index (χ3v) is 4.94. The van der Waals surface area contributed by atoms with Crippen molar-refractivity contribution in [1.29, 1.82) is 0 Å². The molecular weight excluding hydrogens is 365 g/mol. The molecule has 0 spiro atoms. The lowest BCUT2D eigenvalue weighted by molar-refractivity contribution is 0.150. The van der Waals surface area contributed by atoms with Crippen LogP contribution in [0.2, 0.25) is 0 Å². The molecule has 3 heterocycles. The van der Waals surface area contributed by atoms with Crippen LogP contribution >= 0.6 is 22.0 Å². The zero-order valence-electron chi connectivity index (χ0n) is 10.2. The molecule has 0 aliphatic carbocycles. The maximum Gasteiger partial charge on any atom is 0.291 e. The molecule has 0 radical (unpaired) electrons. The van der Waals surface area contributed by atoms with Gasteiger partial charge < -0.3 is 0 Å². The van der Waals surface area contributed by atoms with Crippen molar-refractivity contribution in [2.45, 2.75) is 11.3 Å². The van der Waals surface area contributed by atoms with Crippen molar-refractivity contribution < 1.29 is 21.6 Å². The summed E-state index contributed by atoms with van der Waals surface area (Å²) in [5, 5.41) is 6.43. The molecule has 0 atom stereocenters. The van der Waals surface area contributed by atoms with Crippen LogP contribution in [0.5, 0.6) is 0 Å². The number of hydrogen-bond acceptors (Lipinski definition) is 6. The lowest BCUT2D eigenvalue weighted by Crippen LogP contribution is -1.98. The molecule has 0 aromatic carbocycles. The average molecular weight is 369 g/mol. The predicted octanol–water partition coefficient (Wildman–Crippen LogP) is 2.86. The van der Waals surface area contributed by atoms with E-state index in [4.69, 9.17) is 10.7 Å². The van der Waals surface area contributed by atoms with Gasteiger partial charge in [-0.3, -0.25) is 4.40 Å². The second-order valence-electron chi connectivity index (χ2n) is 4.04. The highest BCUT2D eigenvalue weighted by Gasteiger charge is 2.20. The van der Waals surface area contributed by atoms with Crippen LogP contribution in [0, 0.1) is 5.82 Å². The van der Waals surface area contributed by atoms with E-state index in [0.29, 0.717) is 11.3 Å². The van der Waals surface area contributed by atoms with Gasteiger partial charge in [-0.1, -0.05) is 11.3 Å². The van der Waals surface area contributed by atoms with Crippen molar-refractivity contribution in [3.8, 4) is 10.7 Å². The van der Waals surface area contributed by atoms with E-state index in [2.05, 4.69) is 15.2 Å². The topological polar surface area (TPSA) is 77.2 Å². The number of halogens is 4. The van der Waals surface area contributed by atoms with Crippen molar-refractivity contribution in [2.75, 3.05) is 0 Å². The standard InChI is InChI=1S/C10H4ClF3N4O2S2/c11-22(19,20)4-1-5(12)8-15-2-6(18(8)3-4)9-16-17-10(21-9)7(13)14/h1-3,7H. The minimum Gasteiger partial charge on any atom is -0.294 e. The molecule has 0 unspecified atom stereocenters. The minimum absolute atomic E-state index is 0.0475. The van der Waals surface area contributed by atoms with Crippen LogP contribution < -0.4 is 0 Å². The summed E-state index contributed by atoms with van der Waals surface area (Å²) in [5.74, 6) is -0.924. The summed E-state index contributed by atoms with van der Waals surface area (Å²) in [7, 11) is 1.02. The normalized spacial score (nSPS) is 12.4. The molecule has 6 nitrogen and oxygen atoms in total. The van der Waals surface area contributed by atoms with E-state index in [1.54, 1.807) is 0 Å². The zero-order chi connectivity index (χ0) is 16.1. The summed E-state index contributed by atoms with van der Waals surface area (Å²) in [6.45, 7) is 0. The first-order valence-electron chi connectivity index (χ1n) is 5.50. The molecule has 116 valence electrons.